The van der Waals surface area contributed by atoms with Gasteiger partial charge in [-0.05, 0) is 17.7 Å². The Hall–Kier alpha value is -1.91. The predicted molar refractivity (Wildman–Crippen MR) is 73.5 cm³/mol. The molecule has 0 amide bonds. The molecule has 1 aromatic carbocycles. The van der Waals surface area contributed by atoms with Gasteiger partial charge in [0.2, 0.25) is 10.0 Å². The van der Waals surface area contributed by atoms with Crippen molar-refractivity contribution in [3.63, 3.8) is 0 Å². The lowest BCUT2D eigenvalue weighted by atomic mass is 10.1. The SMILES string of the molecule is CCN(CCC#N)S(=O)(=O)Cc1cccc(C(=O)O)c1. The highest BCUT2D eigenvalue weighted by Gasteiger charge is 2.21. The summed E-state index contributed by atoms with van der Waals surface area (Å²) in [4.78, 5) is 10.9. The van der Waals surface area contributed by atoms with E-state index in [0.717, 1.165) is 0 Å². The Morgan fingerprint density at radius 1 is 1.45 bits per heavy atom. The average Bonchev–Trinajstić information content (AvgIpc) is 2.39. The zero-order valence-electron chi connectivity index (χ0n) is 11.1. The molecule has 0 unspecified atom stereocenters. The fourth-order valence-corrected chi connectivity index (χ4v) is 3.31. The summed E-state index contributed by atoms with van der Waals surface area (Å²) in [6.07, 6.45) is 0.127. The van der Waals surface area contributed by atoms with Gasteiger partial charge in [0.15, 0.2) is 0 Å². The maximum Gasteiger partial charge on any atom is 0.335 e. The molecular weight excluding hydrogens is 280 g/mol. The van der Waals surface area contributed by atoms with E-state index >= 15 is 0 Å². The Balaban J connectivity index is 2.92. The first-order valence-electron chi connectivity index (χ1n) is 6.07. The lowest BCUT2D eigenvalue weighted by Gasteiger charge is -2.19. The van der Waals surface area contributed by atoms with Crippen LogP contribution in [0, 0.1) is 11.3 Å². The summed E-state index contributed by atoms with van der Waals surface area (Å²) < 4.78 is 25.6. The van der Waals surface area contributed by atoms with Crippen molar-refractivity contribution in [1.29, 1.82) is 5.26 Å². The van der Waals surface area contributed by atoms with Crippen LogP contribution in [0.4, 0.5) is 0 Å². The van der Waals surface area contributed by atoms with Crippen LogP contribution in [0.1, 0.15) is 29.3 Å². The van der Waals surface area contributed by atoms with E-state index in [1.165, 1.54) is 22.5 Å². The third kappa shape index (κ3) is 4.33. The van der Waals surface area contributed by atoms with Crippen molar-refractivity contribution in [1.82, 2.24) is 4.31 Å². The van der Waals surface area contributed by atoms with Crippen LogP contribution in [0.2, 0.25) is 0 Å². The number of nitriles is 1. The molecule has 7 heteroatoms. The van der Waals surface area contributed by atoms with Crippen molar-refractivity contribution >= 4 is 16.0 Å². The summed E-state index contributed by atoms with van der Waals surface area (Å²) in [5, 5.41) is 17.4. The molecular formula is C13H16N2O4S. The van der Waals surface area contributed by atoms with Crippen LogP contribution in [-0.2, 0) is 15.8 Å². The molecule has 0 atom stereocenters. The molecule has 1 N–H and O–H groups in total. The van der Waals surface area contributed by atoms with Crippen molar-refractivity contribution in [3.8, 4) is 6.07 Å². The summed E-state index contributed by atoms with van der Waals surface area (Å²) >= 11 is 0. The summed E-state index contributed by atoms with van der Waals surface area (Å²) in [5.41, 5.74) is 0.470. The molecule has 0 saturated carbocycles. The number of hydrogen-bond donors (Lipinski definition) is 1. The van der Waals surface area contributed by atoms with Crippen LogP contribution in [0.5, 0.6) is 0 Å². The minimum atomic E-state index is -3.55. The Morgan fingerprint density at radius 2 is 2.15 bits per heavy atom. The van der Waals surface area contributed by atoms with Gasteiger partial charge in [-0.15, -0.1) is 0 Å². The molecule has 0 aliphatic rings. The number of benzene rings is 1. The Kier molecular flexibility index (Phi) is 5.67. The summed E-state index contributed by atoms with van der Waals surface area (Å²) in [5.74, 6) is -1.37. The largest absolute Gasteiger partial charge is 0.478 e. The van der Waals surface area contributed by atoms with Crippen molar-refractivity contribution in [3.05, 3.63) is 35.4 Å². The number of aromatic carboxylic acids is 1. The van der Waals surface area contributed by atoms with Crippen molar-refractivity contribution in [2.24, 2.45) is 0 Å². The van der Waals surface area contributed by atoms with E-state index in [1.807, 2.05) is 6.07 Å². The number of carboxylic acids is 1. The van der Waals surface area contributed by atoms with Crippen molar-refractivity contribution < 1.29 is 18.3 Å². The van der Waals surface area contributed by atoms with Gasteiger partial charge in [0.25, 0.3) is 0 Å². The third-order valence-corrected chi connectivity index (χ3v) is 4.67. The molecule has 0 saturated heterocycles. The molecule has 20 heavy (non-hydrogen) atoms. The van der Waals surface area contributed by atoms with Gasteiger partial charge in [-0.25, -0.2) is 17.5 Å². The molecule has 0 aromatic heterocycles. The molecule has 1 aromatic rings. The van der Waals surface area contributed by atoms with Gasteiger partial charge < -0.3 is 5.11 Å². The first-order valence-corrected chi connectivity index (χ1v) is 7.68. The van der Waals surface area contributed by atoms with Gasteiger partial charge >= 0.3 is 5.97 Å². The number of nitrogens with zero attached hydrogens (tertiary/aromatic N) is 2. The molecule has 1 rings (SSSR count). The second-order valence-electron chi connectivity index (χ2n) is 4.16. The number of carbonyl (C=O) groups is 1. The second kappa shape index (κ2) is 7.03. The van der Waals surface area contributed by atoms with E-state index in [4.69, 9.17) is 10.4 Å². The van der Waals surface area contributed by atoms with E-state index in [9.17, 15) is 13.2 Å². The predicted octanol–water partition coefficient (Wildman–Crippen LogP) is 1.45. The molecule has 0 spiro atoms. The average molecular weight is 296 g/mol. The third-order valence-electron chi connectivity index (χ3n) is 2.74. The van der Waals surface area contributed by atoms with Crippen LogP contribution < -0.4 is 0 Å². The van der Waals surface area contributed by atoms with E-state index in [-0.39, 0.29) is 30.8 Å². The van der Waals surface area contributed by atoms with Crippen LogP contribution in [0.25, 0.3) is 0 Å². The summed E-state index contributed by atoms with van der Waals surface area (Å²) in [6, 6.07) is 7.75. The smallest absolute Gasteiger partial charge is 0.335 e. The van der Waals surface area contributed by atoms with Crippen LogP contribution in [0.3, 0.4) is 0 Å². The fourth-order valence-electron chi connectivity index (χ4n) is 1.76. The van der Waals surface area contributed by atoms with Crippen LogP contribution >= 0.6 is 0 Å². The van der Waals surface area contributed by atoms with Gasteiger partial charge in [-0.3, -0.25) is 0 Å². The first-order chi connectivity index (χ1) is 9.40. The molecule has 0 fully saturated rings. The maximum absolute atomic E-state index is 12.2. The number of carboxylic acid groups (broad SMARTS) is 1. The monoisotopic (exact) mass is 296 g/mol. The zero-order chi connectivity index (χ0) is 15.2. The number of sulfonamides is 1. The van der Waals surface area contributed by atoms with Crippen molar-refractivity contribution in [2.75, 3.05) is 13.1 Å². The Morgan fingerprint density at radius 3 is 2.70 bits per heavy atom. The second-order valence-corrected chi connectivity index (χ2v) is 6.13. The van der Waals surface area contributed by atoms with Gasteiger partial charge in [0, 0.05) is 19.5 Å². The van der Waals surface area contributed by atoms with Crippen molar-refractivity contribution in [2.45, 2.75) is 19.1 Å². The highest BCUT2D eigenvalue weighted by atomic mass is 32.2. The van der Waals surface area contributed by atoms with E-state index < -0.39 is 16.0 Å². The van der Waals surface area contributed by atoms with E-state index in [1.54, 1.807) is 13.0 Å². The first kappa shape index (κ1) is 16.1. The lowest BCUT2D eigenvalue weighted by Crippen LogP contribution is -2.32. The quantitative estimate of drug-likeness (QED) is 0.821. The molecule has 108 valence electrons. The lowest BCUT2D eigenvalue weighted by molar-refractivity contribution is 0.0696. The van der Waals surface area contributed by atoms with Gasteiger partial charge in [-0.2, -0.15) is 5.26 Å². The van der Waals surface area contributed by atoms with Crippen LogP contribution in [0.15, 0.2) is 24.3 Å². The zero-order valence-corrected chi connectivity index (χ0v) is 11.9. The van der Waals surface area contributed by atoms with E-state index in [0.29, 0.717) is 5.56 Å². The minimum Gasteiger partial charge on any atom is -0.478 e. The molecule has 6 nitrogen and oxygen atoms in total. The normalized spacial score (nSPS) is 11.2. The fraction of sp³-hybridized carbons (Fsp3) is 0.385. The maximum atomic E-state index is 12.2. The Labute approximate surface area is 118 Å². The molecule has 0 aliphatic heterocycles. The minimum absolute atomic E-state index is 0.0535. The molecule has 0 heterocycles. The summed E-state index contributed by atoms with van der Waals surface area (Å²) in [7, 11) is -3.55. The van der Waals surface area contributed by atoms with Gasteiger partial charge in [0.1, 0.15) is 0 Å². The number of hydrogen-bond acceptors (Lipinski definition) is 4. The highest BCUT2D eigenvalue weighted by Crippen LogP contribution is 2.13. The molecule has 0 bridgehead atoms. The van der Waals surface area contributed by atoms with E-state index in [2.05, 4.69) is 0 Å². The van der Waals surface area contributed by atoms with Gasteiger partial charge in [-0.1, -0.05) is 19.1 Å². The topological polar surface area (TPSA) is 98.5 Å². The Bertz CT molecular complexity index is 620. The van der Waals surface area contributed by atoms with Gasteiger partial charge in [0.05, 0.1) is 17.4 Å². The number of rotatable bonds is 7. The molecule has 0 aliphatic carbocycles. The standard InChI is InChI=1S/C13H16N2O4S/c1-2-15(8-4-7-14)20(18,19)10-11-5-3-6-12(9-11)13(16)17/h3,5-6,9H,2,4,8,10H2,1H3,(H,16,17). The molecule has 0 radical (unpaired) electrons. The highest BCUT2D eigenvalue weighted by molar-refractivity contribution is 7.88. The van der Waals surface area contributed by atoms with Crippen LogP contribution in [-0.4, -0.2) is 36.9 Å². The summed E-state index contributed by atoms with van der Waals surface area (Å²) in [6.45, 7) is 2.12.